The predicted molar refractivity (Wildman–Crippen MR) is 117 cm³/mol. The first-order valence-electron chi connectivity index (χ1n) is 10.4. The Bertz CT molecular complexity index is 930. The van der Waals surface area contributed by atoms with Gasteiger partial charge in [0, 0.05) is 13.0 Å². The van der Waals surface area contributed by atoms with Crippen LogP contribution in [0.5, 0.6) is 0 Å². The number of benzene rings is 3. The number of carbonyl (C=O) groups excluding carboxylic acids is 1. The summed E-state index contributed by atoms with van der Waals surface area (Å²) in [6, 6.07) is 29.3. The van der Waals surface area contributed by atoms with Crippen molar-refractivity contribution in [3.05, 3.63) is 108 Å². The fourth-order valence-electron chi connectivity index (χ4n) is 4.12. The molecule has 1 N–H and O–H groups in total. The molecule has 154 valence electrons. The molecule has 0 radical (unpaired) electrons. The van der Waals surface area contributed by atoms with E-state index in [9.17, 15) is 9.90 Å². The van der Waals surface area contributed by atoms with Gasteiger partial charge < -0.3 is 14.7 Å². The number of hydrogen-bond donors (Lipinski definition) is 1. The Hall–Kier alpha value is -2.95. The first-order chi connectivity index (χ1) is 14.7. The predicted octanol–water partition coefficient (Wildman–Crippen LogP) is 3.98. The highest BCUT2D eigenvalue weighted by Gasteiger charge is 2.44. The van der Waals surface area contributed by atoms with E-state index in [4.69, 9.17) is 4.74 Å². The van der Waals surface area contributed by atoms with E-state index < -0.39 is 6.10 Å². The topological polar surface area (TPSA) is 49.8 Å². The molecule has 4 nitrogen and oxygen atoms in total. The minimum Gasteiger partial charge on any atom is -0.391 e. The van der Waals surface area contributed by atoms with Crippen LogP contribution in [0.3, 0.4) is 0 Å². The number of hydrogen-bond acceptors (Lipinski definition) is 3. The van der Waals surface area contributed by atoms with Crippen LogP contribution >= 0.6 is 0 Å². The molecular formula is C26H27NO3. The van der Waals surface area contributed by atoms with Crippen LogP contribution < -0.4 is 0 Å². The molecule has 1 aliphatic heterocycles. The molecule has 1 heterocycles. The van der Waals surface area contributed by atoms with Crippen molar-refractivity contribution in [3.8, 4) is 0 Å². The highest BCUT2D eigenvalue weighted by molar-refractivity contribution is 5.80. The lowest BCUT2D eigenvalue weighted by atomic mass is 9.98. The summed E-state index contributed by atoms with van der Waals surface area (Å²) in [6.07, 6.45) is -0.283. The van der Waals surface area contributed by atoms with Crippen molar-refractivity contribution in [3.63, 3.8) is 0 Å². The van der Waals surface area contributed by atoms with E-state index >= 15 is 0 Å². The van der Waals surface area contributed by atoms with Crippen LogP contribution in [-0.4, -0.2) is 34.2 Å². The lowest BCUT2D eigenvalue weighted by Crippen LogP contribution is -2.47. The van der Waals surface area contributed by atoms with Gasteiger partial charge in [-0.2, -0.15) is 0 Å². The van der Waals surface area contributed by atoms with Gasteiger partial charge in [-0.3, -0.25) is 4.79 Å². The zero-order valence-electron chi connectivity index (χ0n) is 16.9. The SMILES string of the molecule is O=C1C[C@H](OCc2ccccc2)[C@@H]([C@@H](O)Cc2ccccc2)N1Cc1ccccc1. The van der Waals surface area contributed by atoms with E-state index in [-0.39, 0.29) is 24.5 Å². The number of rotatable bonds is 8. The van der Waals surface area contributed by atoms with E-state index in [1.165, 1.54) is 0 Å². The molecule has 1 fully saturated rings. The summed E-state index contributed by atoms with van der Waals surface area (Å²) in [4.78, 5) is 14.7. The Kier molecular flexibility index (Phi) is 6.57. The molecule has 0 saturated carbocycles. The van der Waals surface area contributed by atoms with Crippen LogP contribution in [-0.2, 0) is 29.1 Å². The van der Waals surface area contributed by atoms with Crippen molar-refractivity contribution in [2.75, 3.05) is 0 Å². The Balaban J connectivity index is 1.53. The van der Waals surface area contributed by atoms with Gasteiger partial charge in [0.2, 0.25) is 5.91 Å². The second kappa shape index (κ2) is 9.70. The maximum Gasteiger partial charge on any atom is 0.226 e. The molecular weight excluding hydrogens is 374 g/mol. The number of nitrogens with zero attached hydrogens (tertiary/aromatic N) is 1. The summed E-state index contributed by atoms with van der Waals surface area (Å²) in [5.41, 5.74) is 3.15. The van der Waals surface area contributed by atoms with Gasteiger partial charge in [-0.15, -0.1) is 0 Å². The van der Waals surface area contributed by atoms with Crippen molar-refractivity contribution in [2.45, 2.75) is 44.2 Å². The summed E-state index contributed by atoms with van der Waals surface area (Å²) in [7, 11) is 0. The van der Waals surface area contributed by atoms with E-state index in [1.807, 2.05) is 91.0 Å². The molecule has 0 bridgehead atoms. The molecule has 1 saturated heterocycles. The zero-order valence-corrected chi connectivity index (χ0v) is 16.9. The van der Waals surface area contributed by atoms with Crippen molar-refractivity contribution in [1.82, 2.24) is 4.90 Å². The van der Waals surface area contributed by atoms with E-state index in [1.54, 1.807) is 4.90 Å². The van der Waals surface area contributed by atoms with Gasteiger partial charge in [0.05, 0.1) is 31.3 Å². The first-order valence-corrected chi connectivity index (χ1v) is 10.4. The molecule has 1 aliphatic rings. The fraction of sp³-hybridized carbons (Fsp3) is 0.269. The highest BCUT2D eigenvalue weighted by Crippen LogP contribution is 2.29. The van der Waals surface area contributed by atoms with Crippen LogP contribution in [0.2, 0.25) is 0 Å². The van der Waals surface area contributed by atoms with Gasteiger partial charge in [-0.25, -0.2) is 0 Å². The molecule has 3 atom stereocenters. The summed E-state index contributed by atoms with van der Waals surface area (Å²) in [5, 5.41) is 11.2. The van der Waals surface area contributed by atoms with Crippen molar-refractivity contribution in [1.29, 1.82) is 0 Å². The largest absolute Gasteiger partial charge is 0.391 e. The number of amides is 1. The second-order valence-corrected chi connectivity index (χ2v) is 7.79. The Labute approximate surface area is 177 Å². The van der Waals surface area contributed by atoms with Gasteiger partial charge in [-0.05, 0) is 16.7 Å². The van der Waals surface area contributed by atoms with E-state index in [2.05, 4.69) is 0 Å². The molecule has 4 heteroatoms. The molecule has 4 rings (SSSR count). The number of likely N-dealkylation sites (tertiary alicyclic amines) is 1. The third kappa shape index (κ3) is 4.96. The molecule has 3 aromatic rings. The number of carbonyl (C=O) groups is 1. The second-order valence-electron chi connectivity index (χ2n) is 7.79. The molecule has 30 heavy (non-hydrogen) atoms. The monoisotopic (exact) mass is 401 g/mol. The fourth-order valence-corrected chi connectivity index (χ4v) is 4.12. The minimum absolute atomic E-state index is 0.0222. The Morgan fingerprint density at radius 1 is 0.833 bits per heavy atom. The van der Waals surface area contributed by atoms with Crippen LogP contribution in [0.1, 0.15) is 23.1 Å². The third-order valence-electron chi connectivity index (χ3n) is 5.62. The molecule has 0 aromatic heterocycles. The van der Waals surface area contributed by atoms with Gasteiger partial charge >= 0.3 is 0 Å². The van der Waals surface area contributed by atoms with Crippen LogP contribution in [0, 0.1) is 0 Å². The van der Waals surface area contributed by atoms with Gasteiger partial charge in [0.15, 0.2) is 0 Å². The van der Waals surface area contributed by atoms with Crippen molar-refractivity contribution < 1.29 is 14.6 Å². The molecule has 0 unspecified atom stereocenters. The van der Waals surface area contributed by atoms with Gasteiger partial charge in [0.1, 0.15) is 0 Å². The third-order valence-corrected chi connectivity index (χ3v) is 5.62. The first kappa shape index (κ1) is 20.3. The molecule has 0 aliphatic carbocycles. The van der Waals surface area contributed by atoms with E-state index in [0.717, 1.165) is 16.7 Å². The lowest BCUT2D eigenvalue weighted by molar-refractivity contribution is -0.131. The lowest BCUT2D eigenvalue weighted by Gasteiger charge is -2.32. The number of ether oxygens (including phenoxy) is 1. The normalized spacial score (nSPS) is 19.8. The van der Waals surface area contributed by atoms with Crippen molar-refractivity contribution >= 4 is 5.91 Å². The van der Waals surface area contributed by atoms with Crippen LogP contribution in [0.15, 0.2) is 91.0 Å². The smallest absolute Gasteiger partial charge is 0.226 e. The summed E-state index contributed by atoms with van der Waals surface area (Å²) in [6.45, 7) is 0.897. The maximum absolute atomic E-state index is 12.9. The summed E-state index contributed by atoms with van der Waals surface area (Å²) < 4.78 is 6.18. The highest BCUT2D eigenvalue weighted by atomic mass is 16.5. The van der Waals surface area contributed by atoms with Gasteiger partial charge in [0.25, 0.3) is 0 Å². The van der Waals surface area contributed by atoms with Gasteiger partial charge in [-0.1, -0.05) is 91.0 Å². The zero-order chi connectivity index (χ0) is 20.8. The summed E-state index contributed by atoms with van der Waals surface area (Å²) in [5.74, 6) is 0.0222. The molecule has 0 spiro atoms. The standard InChI is InChI=1S/C26H27NO3/c28-23(16-20-10-4-1-5-11-20)26-24(30-19-22-14-8-3-9-15-22)17-25(29)27(26)18-21-12-6-2-7-13-21/h1-15,23-24,26,28H,16-19H2/t23-,24-,26+/m0/s1. The molecule has 3 aromatic carbocycles. The summed E-state index contributed by atoms with van der Waals surface area (Å²) >= 11 is 0. The number of aliphatic hydroxyl groups excluding tert-OH is 1. The number of aliphatic hydroxyl groups is 1. The molecule has 1 amide bonds. The Morgan fingerprint density at radius 2 is 1.37 bits per heavy atom. The quantitative estimate of drug-likeness (QED) is 0.621. The van der Waals surface area contributed by atoms with E-state index in [0.29, 0.717) is 19.6 Å². The van der Waals surface area contributed by atoms with Crippen LogP contribution in [0.4, 0.5) is 0 Å². The maximum atomic E-state index is 12.9. The van der Waals surface area contributed by atoms with Crippen LogP contribution in [0.25, 0.3) is 0 Å². The minimum atomic E-state index is -0.705. The Morgan fingerprint density at radius 3 is 1.97 bits per heavy atom. The van der Waals surface area contributed by atoms with Crippen molar-refractivity contribution in [2.24, 2.45) is 0 Å². The average Bonchev–Trinajstić information content (AvgIpc) is 3.09. The average molecular weight is 402 g/mol.